The van der Waals surface area contributed by atoms with E-state index in [9.17, 15) is 5.11 Å². The number of nitrogen functional groups attached to an aromatic ring is 1. The van der Waals surface area contributed by atoms with Crippen molar-refractivity contribution in [3.05, 3.63) is 108 Å². The van der Waals surface area contributed by atoms with Crippen LogP contribution in [-0.4, -0.2) is 48.1 Å². The summed E-state index contributed by atoms with van der Waals surface area (Å²) >= 11 is 0. The monoisotopic (exact) mass is 655 g/mol. The Hall–Kier alpha value is -6.70. The van der Waals surface area contributed by atoms with Crippen LogP contribution >= 0.6 is 0 Å². The van der Waals surface area contributed by atoms with Gasteiger partial charge in [-0.3, -0.25) is 0 Å². The van der Waals surface area contributed by atoms with Crippen LogP contribution in [0.1, 0.15) is 18.1 Å². The number of hydrogen-bond acceptors (Lipinski definition) is 14. The number of hydrogen-bond donors (Lipinski definition) is 8. The largest absolute Gasteiger partial charge is 0.508 e. The van der Waals surface area contributed by atoms with Crippen LogP contribution in [0.25, 0.3) is 0 Å². The number of nitrogens with zero attached hydrogens (tertiary/aromatic N) is 6. The Kier molecular flexibility index (Phi) is 10.0. The van der Waals surface area contributed by atoms with Crippen molar-refractivity contribution >= 4 is 64.1 Å². The molecule has 0 atom stereocenters. The molecule has 0 fully saturated rings. The minimum absolute atomic E-state index is 0.125. The number of aryl methyl sites for hydroxylation is 2. The lowest BCUT2D eigenvalue weighted by Gasteiger charge is -2.13. The maximum atomic E-state index is 9.93. The van der Waals surface area contributed by atoms with Gasteiger partial charge in [0.2, 0.25) is 35.7 Å². The molecule has 0 aliphatic heterocycles. The number of aromatic hydroxyl groups is 1. The lowest BCUT2D eigenvalue weighted by molar-refractivity contribution is 0.475. The minimum Gasteiger partial charge on any atom is -0.508 e. The highest BCUT2D eigenvalue weighted by molar-refractivity contribution is 5.63. The summed E-state index contributed by atoms with van der Waals surface area (Å²) in [6.07, 6.45) is 0.903. The number of anilines is 11. The Morgan fingerprint density at radius 1 is 0.531 bits per heavy atom. The first-order valence-corrected chi connectivity index (χ1v) is 15.7. The summed E-state index contributed by atoms with van der Waals surface area (Å²) < 4.78 is 0. The molecule has 0 saturated carbocycles. The molecule has 14 heteroatoms. The molecule has 6 rings (SSSR count). The lowest BCUT2D eigenvalue weighted by Crippen LogP contribution is -2.18. The van der Waals surface area contributed by atoms with Gasteiger partial charge in [0.25, 0.3) is 0 Å². The molecule has 0 bridgehead atoms. The number of benzene rings is 4. The van der Waals surface area contributed by atoms with E-state index in [0.29, 0.717) is 60.2 Å². The maximum absolute atomic E-state index is 9.93. The summed E-state index contributed by atoms with van der Waals surface area (Å²) in [7, 11) is 0. The molecular formula is C35H37N13O. The van der Waals surface area contributed by atoms with Crippen molar-refractivity contribution in [3.63, 3.8) is 0 Å². The number of nitrogens with two attached hydrogens (primary N) is 1. The lowest BCUT2D eigenvalue weighted by atomic mass is 10.1. The highest BCUT2D eigenvalue weighted by Crippen LogP contribution is 2.23. The molecule has 0 radical (unpaired) electrons. The molecule has 0 saturated heterocycles. The number of nitrogens with one attached hydrogen (secondary N) is 6. The highest BCUT2D eigenvalue weighted by atomic mass is 16.3. The number of aromatic nitrogens is 6. The predicted molar refractivity (Wildman–Crippen MR) is 196 cm³/mol. The second-order valence-corrected chi connectivity index (χ2v) is 11.1. The Morgan fingerprint density at radius 3 is 1.49 bits per heavy atom. The van der Waals surface area contributed by atoms with Gasteiger partial charge in [-0.2, -0.15) is 29.9 Å². The van der Waals surface area contributed by atoms with E-state index in [1.807, 2.05) is 67.6 Å². The van der Waals surface area contributed by atoms with Crippen LogP contribution in [0.15, 0.2) is 97.1 Å². The average molecular weight is 656 g/mol. The van der Waals surface area contributed by atoms with Gasteiger partial charge in [-0.15, -0.1) is 0 Å². The number of phenolic OH excluding ortho intramolecular Hbond substituents is 1. The predicted octanol–water partition coefficient (Wildman–Crippen LogP) is 6.71. The van der Waals surface area contributed by atoms with Crippen molar-refractivity contribution in [3.8, 4) is 5.75 Å². The Balaban J connectivity index is 1.18. The van der Waals surface area contributed by atoms with Crippen molar-refractivity contribution in [2.45, 2.75) is 20.3 Å². The molecule has 0 amide bonds. The van der Waals surface area contributed by atoms with Gasteiger partial charge in [-0.1, -0.05) is 43.3 Å². The van der Waals surface area contributed by atoms with Crippen LogP contribution < -0.4 is 37.6 Å². The van der Waals surface area contributed by atoms with Crippen LogP contribution in [0.5, 0.6) is 5.75 Å². The fourth-order valence-corrected chi connectivity index (χ4v) is 4.79. The van der Waals surface area contributed by atoms with Crippen LogP contribution in [0.2, 0.25) is 0 Å². The summed E-state index contributed by atoms with van der Waals surface area (Å²) in [5, 5.41) is 29.3. The van der Waals surface area contributed by atoms with E-state index < -0.39 is 0 Å². The molecule has 2 aromatic heterocycles. The fourth-order valence-electron chi connectivity index (χ4n) is 4.79. The first-order chi connectivity index (χ1) is 23.9. The molecule has 0 aliphatic carbocycles. The van der Waals surface area contributed by atoms with Crippen LogP contribution in [-0.2, 0) is 6.42 Å². The van der Waals surface area contributed by atoms with E-state index in [4.69, 9.17) is 5.73 Å². The SMILES string of the molecule is CCc1cccc(Nc2nc(NCCNc3nc(Nc4cccc(C)c4)nc(Nc4cccc(N)c4)n3)nc(Nc3cccc(O)c3)n2)c1. The third-order valence-electron chi connectivity index (χ3n) is 7.07. The smallest absolute Gasteiger partial charge is 0.233 e. The highest BCUT2D eigenvalue weighted by Gasteiger charge is 2.11. The molecule has 9 N–H and O–H groups in total. The third kappa shape index (κ3) is 9.42. The standard InChI is InChI=1S/C35H37N13O/c1-3-23-9-5-12-26(19-23)40-33-44-31(46-35(48-33)42-28-14-7-15-29(49)21-28)38-17-16-37-30-43-32(39-25-11-4-8-22(2)18-25)47-34(45-30)41-27-13-6-10-24(36)20-27/h4-15,18-21,49H,3,16-17,36H2,1-2H3,(H3,37,39,41,43,45,47)(H3,38,40,42,44,46,48). The number of phenols is 1. The molecule has 0 unspecified atom stereocenters. The molecule has 0 spiro atoms. The third-order valence-corrected chi connectivity index (χ3v) is 7.07. The van der Waals surface area contributed by atoms with Gasteiger partial charge in [0.1, 0.15) is 5.75 Å². The van der Waals surface area contributed by atoms with Crippen molar-refractivity contribution < 1.29 is 5.11 Å². The van der Waals surface area contributed by atoms with Crippen molar-refractivity contribution in [2.75, 3.05) is 50.7 Å². The van der Waals surface area contributed by atoms with Crippen molar-refractivity contribution in [1.29, 1.82) is 0 Å². The first-order valence-electron chi connectivity index (χ1n) is 15.7. The summed E-state index contributed by atoms with van der Waals surface area (Å²) in [4.78, 5) is 27.4. The van der Waals surface area contributed by atoms with E-state index in [-0.39, 0.29) is 5.75 Å². The van der Waals surface area contributed by atoms with Gasteiger partial charge >= 0.3 is 0 Å². The zero-order valence-corrected chi connectivity index (χ0v) is 27.1. The second-order valence-electron chi connectivity index (χ2n) is 11.1. The topological polar surface area (TPSA) is 196 Å². The summed E-state index contributed by atoms with van der Waals surface area (Å²) in [5.74, 6) is 2.18. The fraction of sp³-hybridized carbons (Fsp3) is 0.143. The molecule has 2 heterocycles. The van der Waals surface area contributed by atoms with Crippen LogP contribution in [0.3, 0.4) is 0 Å². The molecule has 248 valence electrons. The van der Waals surface area contributed by atoms with Gasteiger partial charge in [-0.25, -0.2) is 0 Å². The molecule has 4 aromatic carbocycles. The Labute approximate surface area is 283 Å². The normalized spacial score (nSPS) is 10.7. The summed E-state index contributed by atoms with van der Waals surface area (Å²) in [6, 6.07) is 30.1. The quantitative estimate of drug-likeness (QED) is 0.0455. The van der Waals surface area contributed by atoms with Gasteiger partial charge in [0, 0.05) is 47.6 Å². The summed E-state index contributed by atoms with van der Waals surface area (Å²) in [5.41, 5.74) is 12.0. The molecule has 49 heavy (non-hydrogen) atoms. The van der Waals surface area contributed by atoms with Gasteiger partial charge in [0.15, 0.2) is 0 Å². The maximum Gasteiger partial charge on any atom is 0.233 e. The van der Waals surface area contributed by atoms with E-state index >= 15 is 0 Å². The molecule has 0 aliphatic rings. The van der Waals surface area contributed by atoms with Crippen LogP contribution in [0.4, 0.5) is 64.1 Å². The van der Waals surface area contributed by atoms with Gasteiger partial charge < -0.3 is 42.7 Å². The van der Waals surface area contributed by atoms with E-state index in [2.05, 4.69) is 80.9 Å². The van der Waals surface area contributed by atoms with Crippen LogP contribution in [0, 0.1) is 6.92 Å². The van der Waals surface area contributed by atoms with Gasteiger partial charge in [-0.05, 0) is 79.1 Å². The Morgan fingerprint density at radius 2 is 0.980 bits per heavy atom. The van der Waals surface area contributed by atoms with Crippen molar-refractivity contribution in [2.24, 2.45) is 0 Å². The van der Waals surface area contributed by atoms with E-state index in [1.54, 1.807) is 24.3 Å². The molecule has 14 nitrogen and oxygen atoms in total. The first kappa shape index (κ1) is 32.2. The average Bonchev–Trinajstić information content (AvgIpc) is 3.07. The molecule has 6 aromatic rings. The van der Waals surface area contributed by atoms with E-state index in [1.165, 1.54) is 5.56 Å². The number of rotatable bonds is 14. The second kappa shape index (κ2) is 15.3. The molecular weight excluding hydrogens is 618 g/mol. The summed E-state index contributed by atoms with van der Waals surface area (Å²) in [6.45, 7) is 4.97. The Bertz CT molecular complexity index is 1970. The van der Waals surface area contributed by atoms with E-state index in [0.717, 1.165) is 29.0 Å². The minimum atomic E-state index is 0.125. The zero-order chi connectivity index (χ0) is 34.0. The zero-order valence-electron chi connectivity index (χ0n) is 27.1. The van der Waals surface area contributed by atoms with Gasteiger partial charge in [0.05, 0.1) is 0 Å². The van der Waals surface area contributed by atoms with Crippen molar-refractivity contribution in [1.82, 2.24) is 29.9 Å².